The molecule has 2 heteroatoms. The number of fused-ring (bicyclic) bond motifs is 1. The first-order valence-corrected chi connectivity index (χ1v) is 9.11. The molecule has 0 radical (unpaired) electrons. The quantitative estimate of drug-likeness (QED) is 0.477. The molecule has 0 atom stereocenters. The molecular weight excluding hydrogens is 297 g/mol. The summed E-state index contributed by atoms with van der Waals surface area (Å²) in [5.41, 5.74) is 2.62. The average Bonchev–Trinajstić information content (AvgIpc) is 2.94. The summed E-state index contributed by atoms with van der Waals surface area (Å²) in [6.07, 6.45) is 0. The van der Waals surface area contributed by atoms with Crippen LogP contribution in [0.25, 0.3) is 10.9 Å². The second-order valence-electron chi connectivity index (χ2n) is 5.64. The molecule has 0 bridgehead atoms. The minimum absolute atomic E-state index is 0.613. The van der Waals surface area contributed by atoms with E-state index in [4.69, 9.17) is 0 Å². The third-order valence-corrected chi connectivity index (χ3v) is 6.57. The molecule has 0 amide bonds. The summed E-state index contributed by atoms with van der Waals surface area (Å²) in [6, 6.07) is 32.6. The van der Waals surface area contributed by atoms with Crippen molar-refractivity contribution in [2.75, 3.05) is 0 Å². The number of aryl methyl sites for hydroxylation is 1. The van der Waals surface area contributed by atoms with Crippen LogP contribution in [0.3, 0.4) is 0 Å². The van der Waals surface area contributed by atoms with E-state index in [2.05, 4.69) is 102 Å². The fourth-order valence-electron chi connectivity index (χ4n) is 3.06. The maximum atomic E-state index is 2.51. The predicted octanol–water partition coefficient (Wildman–Crippen LogP) is 4.85. The fourth-order valence-corrected chi connectivity index (χ4v) is 5.50. The summed E-state index contributed by atoms with van der Waals surface area (Å²) in [7, 11) is -0.613. The zero-order valence-corrected chi connectivity index (χ0v) is 13.9. The van der Waals surface area contributed by atoms with Gasteiger partial charge in [-0.1, -0.05) is 78.9 Å². The molecule has 112 valence electrons. The first kappa shape index (κ1) is 14.2. The maximum absolute atomic E-state index is 2.51. The van der Waals surface area contributed by atoms with Crippen LogP contribution in [-0.4, -0.2) is 4.34 Å². The maximum Gasteiger partial charge on any atom is 0.0595 e. The lowest BCUT2D eigenvalue weighted by Crippen LogP contribution is -2.17. The summed E-state index contributed by atoms with van der Waals surface area (Å²) in [5, 5.41) is 4.06. The summed E-state index contributed by atoms with van der Waals surface area (Å²) in [5.74, 6) is 0. The van der Waals surface area contributed by atoms with Crippen molar-refractivity contribution >= 4 is 29.6 Å². The monoisotopic (exact) mass is 315 g/mol. The molecule has 1 heterocycles. The second kappa shape index (κ2) is 6.02. The zero-order chi connectivity index (χ0) is 15.6. The molecule has 0 saturated heterocycles. The zero-order valence-electron chi connectivity index (χ0n) is 13.1. The Labute approximate surface area is 138 Å². The van der Waals surface area contributed by atoms with E-state index < -0.39 is 8.07 Å². The van der Waals surface area contributed by atoms with Gasteiger partial charge >= 0.3 is 0 Å². The summed E-state index contributed by atoms with van der Waals surface area (Å²) >= 11 is 0. The normalized spacial score (nSPS) is 11.2. The lowest BCUT2D eigenvalue weighted by atomic mass is 10.2. The van der Waals surface area contributed by atoms with Crippen LogP contribution in [0.2, 0.25) is 0 Å². The third kappa shape index (κ3) is 2.58. The van der Waals surface area contributed by atoms with Gasteiger partial charge in [-0.05, 0) is 19.1 Å². The van der Waals surface area contributed by atoms with Crippen molar-refractivity contribution in [3.05, 3.63) is 96.7 Å². The van der Waals surface area contributed by atoms with Crippen LogP contribution in [0, 0.1) is 6.92 Å². The van der Waals surface area contributed by atoms with Crippen molar-refractivity contribution in [1.29, 1.82) is 0 Å². The van der Waals surface area contributed by atoms with E-state index in [1.165, 1.54) is 27.2 Å². The van der Waals surface area contributed by atoms with Crippen molar-refractivity contribution in [1.82, 2.24) is 4.34 Å². The van der Waals surface area contributed by atoms with E-state index in [-0.39, 0.29) is 0 Å². The molecule has 0 unspecified atom stereocenters. The third-order valence-electron chi connectivity index (χ3n) is 4.06. The molecule has 0 aliphatic rings. The van der Waals surface area contributed by atoms with Gasteiger partial charge in [0.15, 0.2) is 0 Å². The van der Waals surface area contributed by atoms with Gasteiger partial charge in [0.05, 0.1) is 13.6 Å². The summed E-state index contributed by atoms with van der Waals surface area (Å²) < 4.78 is 2.51. The number of para-hydroxylation sites is 1. The van der Waals surface area contributed by atoms with Crippen LogP contribution in [0.1, 0.15) is 5.69 Å². The van der Waals surface area contributed by atoms with Crippen LogP contribution in [0.4, 0.5) is 0 Å². The lowest BCUT2D eigenvalue weighted by molar-refractivity contribution is 1.20. The Bertz CT molecular complexity index is 886. The highest BCUT2D eigenvalue weighted by Crippen LogP contribution is 2.41. The molecule has 4 aromatic rings. The highest BCUT2D eigenvalue weighted by atomic mass is 31.1. The first-order valence-electron chi connectivity index (χ1n) is 7.82. The van der Waals surface area contributed by atoms with Crippen LogP contribution >= 0.6 is 8.07 Å². The molecule has 0 N–H and O–H groups in total. The van der Waals surface area contributed by atoms with Crippen molar-refractivity contribution in [3.8, 4) is 0 Å². The molecule has 1 aromatic heterocycles. The highest BCUT2D eigenvalue weighted by molar-refractivity contribution is 7.71. The summed E-state index contributed by atoms with van der Waals surface area (Å²) in [6.45, 7) is 2.21. The predicted molar refractivity (Wildman–Crippen MR) is 101 cm³/mol. The van der Waals surface area contributed by atoms with E-state index in [1.54, 1.807) is 0 Å². The minimum Gasteiger partial charge on any atom is -0.315 e. The Hall–Kier alpha value is -2.37. The van der Waals surface area contributed by atoms with Crippen LogP contribution in [-0.2, 0) is 0 Å². The number of benzene rings is 3. The number of aromatic nitrogens is 1. The Morgan fingerprint density at radius 1 is 0.652 bits per heavy atom. The Morgan fingerprint density at radius 3 is 1.78 bits per heavy atom. The van der Waals surface area contributed by atoms with Crippen molar-refractivity contribution in [2.45, 2.75) is 6.92 Å². The van der Waals surface area contributed by atoms with Crippen molar-refractivity contribution in [2.24, 2.45) is 0 Å². The SMILES string of the molecule is Cc1cc2ccccc2n1P(c1ccccc1)c1ccccc1. The van der Waals surface area contributed by atoms with Gasteiger partial charge in [-0.3, -0.25) is 0 Å². The first-order chi connectivity index (χ1) is 11.3. The molecule has 1 nitrogen and oxygen atoms in total. The highest BCUT2D eigenvalue weighted by Gasteiger charge is 2.19. The molecule has 23 heavy (non-hydrogen) atoms. The fraction of sp³-hybridized carbons (Fsp3) is 0.0476. The van der Waals surface area contributed by atoms with Gasteiger partial charge in [0.2, 0.25) is 0 Å². The molecule has 0 fully saturated rings. The van der Waals surface area contributed by atoms with Gasteiger partial charge in [-0.25, -0.2) is 0 Å². The molecule has 4 rings (SSSR count). The van der Waals surface area contributed by atoms with Gasteiger partial charge in [0.25, 0.3) is 0 Å². The van der Waals surface area contributed by atoms with Gasteiger partial charge < -0.3 is 4.34 Å². The lowest BCUT2D eigenvalue weighted by Gasteiger charge is -2.23. The van der Waals surface area contributed by atoms with Gasteiger partial charge in [0.1, 0.15) is 0 Å². The van der Waals surface area contributed by atoms with E-state index in [1.807, 2.05) is 0 Å². The van der Waals surface area contributed by atoms with Crippen LogP contribution in [0.15, 0.2) is 91.0 Å². The van der Waals surface area contributed by atoms with Gasteiger partial charge in [-0.2, -0.15) is 0 Å². The molecule has 0 aliphatic carbocycles. The Morgan fingerprint density at radius 2 is 1.17 bits per heavy atom. The standard InChI is InChI=1S/C21H18NP/c1-17-16-18-10-8-9-15-21(18)22(17)23(19-11-4-2-5-12-19)20-13-6-3-7-14-20/h2-16H,1H3. The molecule has 0 spiro atoms. The Balaban J connectivity index is 2.00. The van der Waals surface area contributed by atoms with E-state index in [0.717, 1.165) is 0 Å². The Kier molecular flexibility index (Phi) is 3.73. The molecular formula is C21H18NP. The number of hydrogen-bond donors (Lipinski definition) is 0. The number of nitrogens with zero attached hydrogens (tertiary/aromatic N) is 1. The minimum atomic E-state index is -0.613. The van der Waals surface area contributed by atoms with E-state index in [0.29, 0.717) is 0 Å². The summed E-state index contributed by atoms with van der Waals surface area (Å²) in [4.78, 5) is 0. The number of rotatable bonds is 3. The van der Waals surface area contributed by atoms with Gasteiger partial charge in [-0.15, -0.1) is 0 Å². The smallest absolute Gasteiger partial charge is 0.0595 e. The largest absolute Gasteiger partial charge is 0.315 e. The van der Waals surface area contributed by atoms with Gasteiger partial charge in [0, 0.05) is 21.7 Å². The second-order valence-corrected chi connectivity index (χ2v) is 7.70. The van der Waals surface area contributed by atoms with Crippen LogP contribution < -0.4 is 10.6 Å². The number of hydrogen-bond acceptors (Lipinski definition) is 0. The molecule has 0 aliphatic heterocycles. The van der Waals surface area contributed by atoms with E-state index >= 15 is 0 Å². The molecule has 0 saturated carbocycles. The van der Waals surface area contributed by atoms with Crippen LogP contribution in [0.5, 0.6) is 0 Å². The van der Waals surface area contributed by atoms with E-state index in [9.17, 15) is 0 Å². The average molecular weight is 315 g/mol. The van der Waals surface area contributed by atoms with Crippen molar-refractivity contribution < 1.29 is 0 Å². The molecule has 3 aromatic carbocycles. The van der Waals surface area contributed by atoms with Crippen molar-refractivity contribution in [3.63, 3.8) is 0 Å². The topological polar surface area (TPSA) is 4.93 Å².